The molecule has 0 bridgehead atoms. The van der Waals surface area contributed by atoms with Gasteiger partial charge in [0.15, 0.2) is 0 Å². The van der Waals surface area contributed by atoms with Gasteiger partial charge in [-0.2, -0.15) is 0 Å². The van der Waals surface area contributed by atoms with Crippen molar-refractivity contribution in [3.05, 3.63) is 139 Å². The molecule has 0 saturated heterocycles. The van der Waals surface area contributed by atoms with Gasteiger partial charge in [-0.15, -0.1) is 0 Å². The smallest absolute Gasteiger partial charge is 0.331 e. The summed E-state index contributed by atoms with van der Waals surface area (Å²) >= 11 is 0. The van der Waals surface area contributed by atoms with Gasteiger partial charge in [0, 0.05) is 12.2 Å². The maximum atomic E-state index is 12.4. The van der Waals surface area contributed by atoms with Gasteiger partial charge < -0.3 is 14.2 Å². The minimum Gasteiger partial charge on any atom is -0.458 e. The molecule has 0 unspecified atom stereocenters. The molecule has 0 amide bonds. The SMILES string of the molecule is C=CC(=O)OCc1ccccc1-c1cccc(/C=C/C(=O)OCc2cccc(Oc3ccccc3)c2)c1. The first kappa shape index (κ1) is 25.2. The van der Waals surface area contributed by atoms with Gasteiger partial charge in [-0.25, -0.2) is 9.59 Å². The standard InChI is InChI=1S/C32H26O5/c1-2-31(33)36-23-27-12-6-7-17-30(27)26-13-8-10-24(20-26)18-19-32(34)35-22-25-11-9-16-29(21-25)37-28-14-4-3-5-15-28/h2-21H,1,22-23H2/b19-18+. The molecule has 0 saturated carbocycles. The van der Waals surface area contributed by atoms with Crippen LogP contribution in [0.3, 0.4) is 0 Å². The lowest BCUT2D eigenvalue weighted by atomic mass is 9.98. The van der Waals surface area contributed by atoms with Crippen LogP contribution in [0.4, 0.5) is 0 Å². The molecule has 4 aromatic carbocycles. The highest BCUT2D eigenvalue weighted by atomic mass is 16.5. The summed E-state index contributed by atoms with van der Waals surface area (Å²) < 4.78 is 16.5. The van der Waals surface area contributed by atoms with Crippen LogP contribution in [0.25, 0.3) is 17.2 Å². The largest absolute Gasteiger partial charge is 0.458 e. The summed E-state index contributed by atoms with van der Waals surface area (Å²) in [6.07, 6.45) is 4.25. The number of para-hydroxylation sites is 1. The number of benzene rings is 4. The van der Waals surface area contributed by atoms with Crippen molar-refractivity contribution in [2.24, 2.45) is 0 Å². The fourth-order valence-corrected chi connectivity index (χ4v) is 3.64. The van der Waals surface area contributed by atoms with Crippen LogP contribution in [0.5, 0.6) is 11.5 Å². The number of hydrogen-bond acceptors (Lipinski definition) is 5. The van der Waals surface area contributed by atoms with Crippen LogP contribution in [-0.4, -0.2) is 11.9 Å². The Kier molecular flexibility index (Phi) is 8.65. The minimum atomic E-state index is -0.472. The highest BCUT2D eigenvalue weighted by Crippen LogP contribution is 2.26. The van der Waals surface area contributed by atoms with Gasteiger partial charge in [0.25, 0.3) is 0 Å². The van der Waals surface area contributed by atoms with Gasteiger partial charge in [0.1, 0.15) is 24.7 Å². The molecule has 5 heteroatoms. The second kappa shape index (κ2) is 12.7. The predicted molar refractivity (Wildman–Crippen MR) is 144 cm³/mol. The first-order valence-corrected chi connectivity index (χ1v) is 11.7. The van der Waals surface area contributed by atoms with Crippen LogP contribution in [-0.2, 0) is 32.3 Å². The Morgan fingerprint density at radius 3 is 2.27 bits per heavy atom. The molecule has 0 aliphatic carbocycles. The number of carbonyl (C=O) groups excluding carboxylic acids is 2. The molecule has 5 nitrogen and oxygen atoms in total. The van der Waals surface area contributed by atoms with E-state index in [-0.39, 0.29) is 13.2 Å². The summed E-state index contributed by atoms with van der Waals surface area (Å²) in [7, 11) is 0. The first-order chi connectivity index (χ1) is 18.1. The molecule has 0 heterocycles. The van der Waals surface area contributed by atoms with Crippen molar-refractivity contribution in [3.63, 3.8) is 0 Å². The molecule has 0 N–H and O–H groups in total. The third kappa shape index (κ3) is 7.54. The monoisotopic (exact) mass is 490 g/mol. The van der Waals surface area contributed by atoms with Crippen molar-refractivity contribution in [1.29, 1.82) is 0 Å². The lowest BCUT2D eigenvalue weighted by Crippen LogP contribution is -2.01. The summed E-state index contributed by atoms with van der Waals surface area (Å²) in [6, 6.07) is 32.4. The van der Waals surface area contributed by atoms with E-state index in [4.69, 9.17) is 14.2 Å². The zero-order valence-corrected chi connectivity index (χ0v) is 20.2. The number of ether oxygens (including phenoxy) is 3. The topological polar surface area (TPSA) is 61.8 Å². The van der Waals surface area contributed by atoms with E-state index in [9.17, 15) is 9.59 Å². The van der Waals surface area contributed by atoms with E-state index in [1.807, 2.05) is 103 Å². The molecule has 0 radical (unpaired) electrons. The van der Waals surface area contributed by atoms with Crippen LogP contribution in [0.1, 0.15) is 16.7 Å². The Labute approximate surface area is 216 Å². The fourth-order valence-electron chi connectivity index (χ4n) is 3.64. The van der Waals surface area contributed by atoms with Gasteiger partial charge in [0.2, 0.25) is 0 Å². The Hall–Kier alpha value is -4.90. The lowest BCUT2D eigenvalue weighted by molar-refractivity contribution is -0.139. The van der Waals surface area contributed by atoms with E-state index in [0.29, 0.717) is 5.75 Å². The van der Waals surface area contributed by atoms with Gasteiger partial charge in [-0.1, -0.05) is 79.4 Å². The van der Waals surface area contributed by atoms with Gasteiger partial charge in [0.05, 0.1) is 0 Å². The van der Waals surface area contributed by atoms with E-state index in [2.05, 4.69) is 6.58 Å². The molecule has 0 aliphatic rings. The van der Waals surface area contributed by atoms with E-state index in [1.165, 1.54) is 6.08 Å². The van der Waals surface area contributed by atoms with E-state index >= 15 is 0 Å². The van der Waals surface area contributed by atoms with Gasteiger partial charge in [-0.05, 0) is 64.2 Å². The zero-order chi connectivity index (χ0) is 25.9. The minimum absolute atomic E-state index is 0.131. The number of esters is 2. The molecule has 0 spiro atoms. The molecule has 37 heavy (non-hydrogen) atoms. The molecule has 0 atom stereocenters. The van der Waals surface area contributed by atoms with Crippen molar-refractivity contribution in [1.82, 2.24) is 0 Å². The van der Waals surface area contributed by atoms with E-state index < -0.39 is 11.9 Å². The average Bonchev–Trinajstić information content (AvgIpc) is 2.94. The summed E-state index contributed by atoms with van der Waals surface area (Å²) in [6.45, 7) is 3.70. The summed E-state index contributed by atoms with van der Waals surface area (Å²) in [5.41, 5.74) is 4.42. The van der Waals surface area contributed by atoms with Crippen molar-refractivity contribution < 1.29 is 23.8 Å². The second-order valence-electron chi connectivity index (χ2n) is 8.10. The maximum Gasteiger partial charge on any atom is 0.331 e. The second-order valence-corrected chi connectivity index (χ2v) is 8.10. The van der Waals surface area contributed by atoms with Crippen LogP contribution >= 0.6 is 0 Å². The van der Waals surface area contributed by atoms with Crippen molar-refractivity contribution in [2.45, 2.75) is 13.2 Å². The number of carbonyl (C=O) groups is 2. The molecule has 4 rings (SSSR count). The number of rotatable bonds is 10. The summed E-state index contributed by atoms with van der Waals surface area (Å²) in [4.78, 5) is 23.8. The number of hydrogen-bond donors (Lipinski definition) is 0. The molecule has 0 aliphatic heterocycles. The van der Waals surface area contributed by atoms with Crippen LogP contribution < -0.4 is 4.74 Å². The van der Waals surface area contributed by atoms with E-state index in [0.717, 1.165) is 39.6 Å². The summed E-state index contributed by atoms with van der Waals surface area (Å²) in [5.74, 6) is 0.492. The van der Waals surface area contributed by atoms with Gasteiger partial charge in [-0.3, -0.25) is 0 Å². The quantitative estimate of drug-likeness (QED) is 0.175. The molecule has 0 aromatic heterocycles. The molecule has 184 valence electrons. The third-order valence-electron chi connectivity index (χ3n) is 5.42. The Balaban J connectivity index is 1.37. The lowest BCUT2D eigenvalue weighted by Gasteiger charge is -2.10. The van der Waals surface area contributed by atoms with Crippen molar-refractivity contribution in [3.8, 4) is 22.6 Å². The molecule has 4 aromatic rings. The first-order valence-electron chi connectivity index (χ1n) is 11.7. The van der Waals surface area contributed by atoms with E-state index in [1.54, 1.807) is 6.08 Å². The maximum absolute atomic E-state index is 12.4. The van der Waals surface area contributed by atoms with Crippen LogP contribution in [0.2, 0.25) is 0 Å². The average molecular weight is 491 g/mol. The fraction of sp³-hybridized carbons (Fsp3) is 0.0625. The Morgan fingerprint density at radius 2 is 1.43 bits per heavy atom. The third-order valence-corrected chi connectivity index (χ3v) is 5.42. The zero-order valence-electron chi connectivity index (χ0n) is 20.2. The van der Waals surface area contributed by atoms with Crippen LogP contribution in [0.15, 0.2) is 122 Å². The van der Waals surface area contributed by atoms with Crippen molar-refractivity contribution >= 4 is 18.0 Å². The Morgan fingerprint density at radius 1 is 0.703 bits per heavy atom. The highest BCUT2D eigenvalue weighted by Gasteiger charge is 2.07. The normalized spacial score (nSPS) is 10.6. The summed E-state index contributed by atoms with van der Waals surface area (Å²) in [5, 5.41) is 0. The molecule has 0 fully saturated rings. The Bertz CT molecular complexity index is 1410. The van der Waals surface area contributed by atoms with Gasteiger partial charge >= 0.3 is 11.9 Å². The highest BCUT2D eigenvalue weighted by molar-refractivity contribution is 5.87. The van der Waals surface area contributed by atoms with Crippen molar-refractivity contribution in [2.75, 3.05) is 0 Å². The predicted octanol–water partition coefficient (Wildman–Crippen LogP) is 7.13. The molecular weight excluding hydrogens is 464 g/mol. The molecular formula is C32H26O5. The van der Waals surface area contributed by atoms with Crippen LogP contribution in [0, 0.1) is 0 Å².